The molecule has 0 bridgehead atoms. The van der Waals surface area contributed by atoms with Gasteiger partial charge in [-0.05, 0) is 18.8 Å². The van der Waals surface area contributed by atoms with E-state index in [0.29, 0.717) is 12.5 Å². The predicted molar refractivity (Wildman–Crippen MR) is 74.5 cm³/mol. The van der Waals surface area contributed by atoms with Gasteiger partial charge in [0.25, 0.3) is 0 Å². The summed E-state index contributed by atoms with van der Waals surface area (Å²) in [5.41, 5.74) is 7.20. The van der Waals surface area contributed by atoms with Crippen molar-refractivity contribution >= 4 is 11.3 Å². The molecule has 1 aliphatic rings. The monoisotopic (exact) mass is 252 g/mol. The fourth-order valence-electron chi connectivity index (χ4n) is 2.70. The van der Waals surface area contributed by atoms with Crippen molar-refractivity contribution in [3.8, 4) is 0 Å². The lowest BCUT2D eigenvalue weighted by Crippen LogP contribution is -2.15. The Kier molecular flexibility index (Phi) is 3.60. The van der Waals surface area contributed by atoms with Gasteiger partial charge in [-0.1, -0.05) is 34.1 Å². The summed E-state index contributed by atoms with van der Waals surface area (Å²) in [6.45, 7) is 9.65. The molecule has 0 aliphatic heterocycles. The SMILES string of the molecule is CC1CCC(c2nc(C(C)(C)C)c(CN)s2)C1. The quantitative estimate of drug-likeness (QED) is 0.869. The van der Waals surface area contributed by atoms with Gasteiger partial charge in [-0.2, -0.15) is 0 Å². The molecule has 96 valence electrons. The fourth-order valence-corrected chi connectivity index (χ4v) is 4.00. The highest BCUT2D eigenvalue weighted by Gasteiger charge is 2.29. The lowest BCUT2D eigenvalue weighted by Gasteiger charge is -2.17. The zero-order valence-electron chi connectivity index (χ0n) is 11.4. The average Bonchev–Trinajstić information content (AvgIpc) is 2.81. The number of nitrogens with two attached hydrogens (primary N) is 1. The number of hydrogen-bond donors (Lipinski definition) is 1. The summed E-state index contributed by atoms with van der Waals surface area (Å²) in [6, 6.07) is 0. The van der Waals surface area contributed by atoms with Gasteiger partial charge in [-0.3, -0.25) is 0 Å². The molecule has 0 amide bonds. The molecule has 2 nitrogen and oxygen atoms in total. The zero-order chi connectivity index (χ0) is 12.6. The van der Waals surface area contributed by atoms with Gasteiger partial charge in [0.2, 0.25) is 0 Å². The van der Waals surface area contributed by atoms with E-state index in [4.69, 9.17) is 10.7 Å². The van der Waals surface area contributed by atoms with Crippen molar-refractivity contribution in [3.05, 3.63) is 15.6 Å². The highest BCUT2D eigenvalue weighted by atomic mass is 32.1. The molecular weight excluding hydrogens is 228 g/mol. The van der Waals surface area contributed by atoms with Gasteiger partial charge in [0.1, 0.15) is 0 Å². The molecule has 1 saturated carbocycles. The Morgan fingerprint density at radius 1 is 1.35 bits per heavy atom. The minimum atomic E-state index is 0.119. The maximum atomic E-state index is 5.86. The number of aromatic nitrogens is 1. The average molecular weight is 252 g/mol. The van der Waals surface area contributed by atoms with Gasteiger partial charge < -0.3 is 5.73 Å². The van der Waals surface area contributed by atoms with Crippen molar-refractivity contribution in [3.63, 3.8) is 0 Å². The maximum Gasteiger partial charge on any atom is 0.0962 e. The molecule has 1 heterocycles. The first-order chi connectivity index (χ1) is 7.91. The number of rotatable bonds is 2. The van der Waals surface area contributed by atoms with Crippen LogP contribution < -0.4 is 5.73 Å². The summed E-state index contributed by atoms with van der Waals surface area (Å²) in [7, 11) is 0. The number of nitrogens with zero attached hydrogens (tertiary/aromatic N) is 1. The van der Waals surface area contributed by atoms with Crippen LogP contribution in [-0.4, -0.2) is 4.98 Å². The molecule has 3 heteroatoms. The Morgan fingerprint density at radius 2 is 2.06 bits per heavy atom. The van der Waals surface area contributed by atoms with Crippen LogP contribution in [0.15, 0.2) is 0 Å². The van der Waals surface area contributed by atoms with E-state index < -0.39 is 0 Å². The summed E-state index contributed by atoms with van der Waals surface area (Å²) in [4.78, 5) is 6.19. The fraction of sp³-hybridized carbons (Fsp3) is 0.786. The third-order valence-corrected chi connectivity index (χ3v) is 4.89. The van der Waals surface area contributed by atoms with Gasteiger partial charge in [0, 0.05) is 22.8 Å². The number of hydrogen-bond acceptors (Lipinski definition) is 3. The van der Waals surface area contributed by atoms with E-state index in [-0.39, 0.29) is 5.41 Å². The van der Waals surface area contributed by atoms with Crippen molar-refractivity contribution in [2.75, 3.05) is 0 Å². The van der Waals surface area contributed by atoms with Gasteiger partial charge in [-0.15, -0.1) is 11.3 Å². The molecule has 0 aromatic carbocycles. The molecule has 1 aliphatic carbocycles. The number of thiazole rings is 1. The molecule has 1 fully saturated rings. The van der Waals surface area contributed by atoms with Gasteiger partial charge >= 0.3 is 0 Å². The zero-order valence-corrected chi connectivity index (χ0v) is 12.2. The van der Waals surface area contributed by atoms with Crippen molar-refractivity contribution in [1.82, 2.24) is 4.98 Å². The topological polar surface area (TPSA) is 38.9 Å². The summed E-state index contributed by atoms with van der Waals surface area (Å²) < 4.78 is 0. The van der Waals surface area contributed by atoms with Crippen molar-refractivity contribution < 1.29 is 0 Å². The Labute approximate surface area is 109 Å². The van der Waals surface area contributed by atoms with E-state index in [9.17, 15) is 0 Å². The second-order valence-electron chi connectivity index (χ2n) is 6.39. The smallest absolute Gasteiger partial charge is 0.0962 e. The lowest BCUT2D eigenvalue weighted by molar-refractivity contribution is 0.557. The third kappa shape index (κ3) is 2.71. The third-order valence-electron chi connectivity index (χ3n) is 3.65. The highest BCUT2D eigenvalue weighted by Crippen LogP contribution is 2.41. The van der Waals surface area contributed by atoms with E-state index in [2.05, 4.69) is 27.7 Å². The van der Waals surface area contributed by atoms with Gasteiger partial charge in [0.15, 0.2) is 0 Å². The molecular formula is C14H24N2S. The molecule has 0 spiro atoms. The minimum absolute atomic E-state index is 0.119. The first-order valence-corrected chi connectivity index (χ1v) is 7.43. The van der Waals surface area contributed by atoms with Crippen LogP contribution >= 0.6 is 11.3 Å². The second kappa shape index (κ2) is 4.69. The lowest BCUT2D eigenvalue weighted by atomic mass is 9.91. The van der Waals surface area contributed by atoms with E-state index in [1.165, 1.54) is 34.8 Å². The van der Waals surface area contributed by atoms with E-state index in [1.807, 2.05) is 11.3 Å². The van der Waals surface area contributed by atoms with Crippen LogP contribution in [0.5, 0.6) is 0 Å². The van der Waals surface area contributed by atoms with Gasteiger partial charge in [0.05, 0.1) is 10.7 Å². The first kappa shape index (κ1) is 13.0. The maximum absolute atomic E-state index is 5.86. The molecule has 2 rings (SSSR count). The first-order valence-electron chi connectivity index (χ1n) is 6.62. The van der Waals surface area contributed by atoms with Crippen LogP contribution in [0.25, 0.3) is 0 Å². The predicted octanol–water partition coefficient (Wildman–Crippen LogP) is 3.80. The Hall–Kier alpha value is -0.410. The standard InChI is InChI=1S/C14H24N2S/c1-9-5-6-10(7-9)13-16-12(14(2,3)4)11(8-15)17-13/h9-10H,5-8,15H2,1-4H3. The Balaban J connectivity index is 2.28. The summed E-state index contributed by atoms with van der Waals surface area (Å²) in [5, 5.41) is 1.33. The molecule has 0 saturated heterocycles. The van der Waals surface area contributed by atoms with Crippen LogP contribution in [0.3, 0.4) is 0 Å². The normalized spacial score (nSPS) is 25.5. The Bertz CT molecular complexity index is 389. The van der Waals surface area contributed by atoms with Crippen molar-refractivity contribution in [2.45, 2.75) is 64.8 Å². The second-order valence-corrected chi connectivity index (χ2v) is 7.51. The highest BCUT2D eigenvalue weighted by molar-refractivity contribution is 7.11. The van der Waals surface area contributed by atoms with Gasteiger partial charge in [-0.25, -0.2) is 4.98 Å². The largest absolute Gasteiger partial charge is 0.326 e. The summed E-state index contributed by atoms with van der Waals surface area (Å²) in [6.07, 6.45) is 3.97. The van der Waals surface area contributed by atoms with Crippen LogP contribution in [0.1, 0.15) is 68.5 Å². The van der Waals surface area contributed by atoms with Crippen LogP contribution in [-0.2, 0) is 12.0 Å². The summed E-state index contributed by atoms with van der Waals surface area (Å²) in [5.74, 6) is 1.56. The molecule has 2 atom stereocenters. The molecule has 2 N–H and O–H groups in total. The summed E-state index contributed by atoms with van der Waals surface area (Å²) >= 11 is 1.85. The molecule has 1 aromatic rings. The molecule has 17 heavy (non-hydrogen) atoms. The van der Waals surface area contributed by atoms with E-state index in [0.717, 1.165) is 5.92 Å². The Morgan fingerprint density at radius 3 is 2.47 bits per heavy atom. The molecule has 0 radical (unpaired) electrons. The van der Waals surface area contributed by atoms with Crippen molar-refractivity contribution in [1.29, 1.82) is 0 Å². The van der Waals surface area contributed by atoms with Crippen molar-refractivity contribution in [2.24, 2.45) is 11.7 Å². The van der Waals surface area contributed by atoms with Crippen LogP contribution in [0, 0.1) is 5.92 Å². The van der Waals surface area contributed by atoms with E-state index in [1.54, 1.807) is 0 Å². The molecule has 2 unspecified atom stereocenters. The molecule has 1 aromatic heterocycles. The minimum Gasteiger partial charge on any atom is -0.326 e. The van der Waals surface area contributed by atoms with E-state index >= 15 is 0 Å². The van der Waals surface area contributed by atoms with Crippen LogP contribution in [0.4, 0.5) is 0 Å². The van der Waals surface area contributed by atoms with Crippen LogP contribution in [0.2, 0.25) is 0 Å².